The zero-order chi connectivity index (χ0) is 23.9. The van der Waals surface area contributed by atoms with Crippen molar-refractivity contribution in [1.82, 2.24) is 19.1 Å². The van der Waals surface area contributed by atoms with E-state index in [-0.39, 0.29) is 23.0 Å². The number of piperazine rings is 1. The van der Waals surface area contributed by atoms with Crippen LogP contribution >= 0.6 is 11.6 Å². The second-order valence-corrected chi connectivity index (χ2v) is 10.4. The van der Waals surface area contributed by atoms with Gasteiger partial charge in [0.2, 0.25) is 10.0 Å². The molecule has 0 aliphatic carbocycles. The van der Waals surface area contributed by atoms with Crippen molar-refractivity contribution in [3.05, 3.63) is 87.9 Å². The van der Waals surface area contributed by atoms with Crippen LogP contribution in [-0.2, 0) is 10.0 Å². The molecule has 1 aliphatic rings. The maximum Gasteiger partial charge on any atom is 0.292 e. The average molecular weight is 496 g/mol. The number of halogens is 1. The van der Waals surface area contributed by atoms with Gasteiger partial charge >= 0.3 is 0 Å². The van der Waals surface area contributed by atoms with Crippen molar-refractivity contribution in [1.29, 1.82) is 0 Å². The van der Waals surface area contributed by atoms with Gasteiger partial charge in [-0.1, -0.05) is 41.9 Å². The summed E-state index contributed by atoms with van der Waals surface area (Å²) < 4.78 is 29.6. The summed E-state index contributed by atoms with van der Waals surface area (Å²) in [5.41, 5.74) is 2.13. The van der Waals surface area contributed by atoms with Gasteiger partial charge in [0, 0.05) is 37.8 Å². The van der Waals surface area contributed by atoms with E-state index >= 15 is 0 Å². The Morgan fingerprint density at radius 2 is 1.68 bits per heavy atom. The SMILES string of the molecule is Cc1cnc2c(S(=O)(=O)N3CCN(c4cnn(-c5ccccc5)c(=O)c4Cl)CC3)cccc2c1. The second-order valence-electron chi connectivity index (χ2n) is 8.13. The van der Waals surface area contributed by atoms with Crippen molar-refractivity contribution in [3.8, 4) is 5.69 Å². The van der Waals surface area contributed by atoms with Gasteiger partial charge in [0.05, 0.1) is 23.1 Å². The Morgan fingerprint density at radius 1 is 0.941 bits per heavy atom. The highest BCUT2D eigenvalue weighted by atomic mass is 35.5. The summed E-state index contributed by atoms with van der Waals surface area (Å²) in [6.07, 6.45) is 3.23. The molecule has 2 aromatic heterocycles. The fourth-order valence-corrected chi connectivity index (χ4v) is 5.99. The van der Waals surface area contributed by atoms with Crippen LogP contribution < -0.4 is 10.5 Å². The van der Waals surface area contributed by atoms with Crippen LogP contribution in [0.25, 0.3) is 16.6 Å². The molecule has 4 aromatic rings. The number of sulfonamides is 1. The Morgan fingerprint density at radius 3 is 2.41 bits per heavy atom. The van der Waals surface area contributed by atoms with Crippen molar-refractivity contribution < 1.29 is 8.42 Å². The Kier molecular flexibility index (Phi) is 5.85. The normalized spacial score (nSPS) is 15.1. The number of nitrogens with zero attached hydrogens (tertiary/aromatic N) is 5. The Hall–Kier alpha value is -3.27. The van der Waals surface area contributed by atoms with Gasteiger partial charge < -0.3 is 4.90 Å². The van der Waals surface area contributed by atoms with Crippen molar-refractivity contribution in [2.75, 3.05) is 31.1 Å². The predicted molar refractivity (Wildman–Crippen MR) is 132 cm³/mol. The lowest BCUT2D eigenvalue weighted by Gasteiger charge is -2.35. The molecule has 8 nitrogen and oxygen atoms in total. The van der Waals surface area contributed by atoms with Gasteiger partial charge in [-0.25, -0.2) is 8.42 Å². The van der Waals surface area contributed by atoms with E-state index in [0.29, 0.717) is 30.0 Å². The van der Waals surface area contributed by atoms with Crippen molar-refractivity contribution >= 4 is 38.2 Å². The first-order valence-electron chi connectivity index (χ1n) is 10.8. The molecule has 0 atom stereocenters. The zero-order valence-electron chi connectivity index (χ0n) is 18.4. The van der Waals surface area contributed by atoms with E-state index in [0.717, 1.165) is 10.9 Å². The zero-order valence-corrected chi connectivity index (χ0v) is 20.0. The molecule has 174 valence electrons. The fourth-order valence-electron chi connectivity index (χ4n) is 4.16. The van der Waals surface area contributed by atoms with Crippen LogP contribution in [0, 0.1) is 6.92 Å². The van der Waals surface area contributed by atoms with E-state index in [4.69, 9.17) is 11.6 Å². The highest BCUT2D eigenvalue weighted by Crippen LogP contribution is 2.28. The molecule has 34 heavy (non-hydrogen) atoms. The molecule has 1 aliphatic heterocycles. The quantitative estimate of drug-likeness (QED) is 0.432. The maximum absolute atomic E-state index is 13.4. The average Bonchev–Trinajstić information content (AvgIpc) is 2.85. The third-order valence-corrected chi connectivity index (χ3v) is 8.19. The van der Waals surface area contributed by atoms with Crippen molar-refractivity contribution in [3.63, 3.8) is 0 Å². The van der Waals surface area contributed by atoms with Crippen LogP contribution in [0.5, 0.6) is 0 Å². The molecule has 3 heterocycles. The van der Waals surface area contributed by atoms with E-state index in [1.807, 2.05) is 42.2 Å². The predicted octanol–water partition coefficient (Wildman–Crippen LogP) is 3.25. The van der Waals surface area contributed by atoms with Crippen LogP contribution in [0.4, 0.5) is 5.69 Å². The van der Waals surface area contributed by atoms with Gasteiger partial charge in [0.15, 0.2) is 0 Å². The summed E-state index contributed by atoms with van der Waals surface area (Å²) in [5.74, 6) is 0. The number of rotatable bonds is 4. The number of pyridine rings is 1. The summed E-state index contributed by atoms with van der Waals surface area (Å²) in [7, 11) is -3.74. The third kappa shape index (κ3) is 3.96. The number of fused-ring (bicyclic) bond motifs is 1. The molecular weight excluding hydrogens is 474 g/mol. The van der Waals surface area contributed by atoms with Gasteiger partial charge in [-0.05, 0) is 36.8 Å². The molecule has 5 rings (SSSR count). The summed E-state index contributed by atoms with van der Waals surface area (Å²) >= 11 is 6.43. The lowest BCUT2D eigenvalue weighted by molar-refractivity contribution is 0.385. The van der Waals surface area contributed by atoms with E-state index in [1.165, 1.54) is 8.99 Å². The molecule has 1 saturated heterocycles. The summed E-state index contributed by atoms with van der Waals surface area (Å²) in [5, 5.41) is 5.13. The maximum atomic E-state index is 13.4. The Balaban J connectivity index is 1.38. The number of anilines is 1. The van der Waals surface area contributed by atoms with Crippen LogP contribution in [0.1, 0.15) is 5.56 Å². The van der Waals surface area contributed by atoms with E-state index in [1.54, 1.807) is 36.7 Å². The van der Waals surface area contributed by atoms with Gasteiger partial charge in [-0.15, -0.1) is 0 Å². The van der Waals surface area contributed by atoms with Crippen LogP contribution in [0.2, 0.25) is 5.02 Å². The molecule has 0 radical (unpaired) electrons. The summed E-state index contributed by atoms with van der Waals surface area (Å²) in [6.45, 7) is 3.19. The minimum absolute atomic E-state index is 0.0591. The van der Waals surface area contributed by atoms with E-state index in [2.05, 4.69) is 10.1 Å². The largest absolute Gasteiger partial charge is 0.366 e. The first kappa shape index (κ1) is 22.5. The minimum atomic E-state index is -3.74. The van der Waals surface area contributed by atoms with E-state index in [9.17, 15) is 13.2 Å². The third-order valence-electron chi connectivity index (χ3n) is 5.91. The molecule has 0 unspecified atom stereocenters. The molecule has 0 spiro atoms. The number of aryl methyl sites for hydroxylation is 1. The molecule has 1 fully saturated rings. The van der Waals surface area contributed by atoms with Crippen molar-refractivity contribution in [2.45, 2.75) is 11.8 Å². The lowest BCUT2D eigenvalue weighted by Crippen LogP contribution is -2.49. The smallest absolute Gasteiger partial charge is 0.292 e. The fraction of sp³-hybridized carbons (Fsp3) is 0.208. The van der Waals surface area contributed by atoms with Gasteiger partial charge in [-0.3, -0.25) is 9.78 Å². The number of para-hydroxylation sites is 2. The summed E-state index contributed by atoms with van der Waals surface area (Å²) in [6, 6.07) is 16.2. The number of aromatic nitrogens is 3. The topological polar surface area (TPSA) is 88.4 Å². The molecule has 0 amide bonds. The Labute approximate surface area is 202 Å². The van der Waals surface area contributed by atoms with Crippen LogP contribution in [0.3, 0.4) is 0 Å². The highest BCUT2D eigenvalue weighted by Gasteiger charge is 2.31. The molecular formula is C24H22ClN5O3S. The monoisotopic (exact) mass is 495 g/mol. The second kappa shape index (κ2) is 8.83. The van der Waals surface area contributed by atoms with Crippen LogP contribution in [-0.4, -0.2) is 53.7 Å². The highest BCUT2D eigenvalue weighted by molar-refractivity contribution is 7.89. The number of benzene rings is 2. The van der Waals surface area contributed by atoms with E-state index < -0.39 is 15.6 Å². The van der Waals surface area contributed by atoms with Gasteiger partial charge in [0.1, 0.15) is 9.92 Å². The van der Waals surface area contributed by atoms with Gasteiger partial charge in [-0.2, -0.15) is 14.1 Å². The minimum Gasteiger partial charge on any atom is -0.366 e. The first-order valence-corrected chi connectivity index (χ1v) is 12.6. The van der Waals surface area contributed by atoms with Crippen LogP contribution in [0.15, 0.2) is 76.7 Å². The summed E-state index contributed by atoms with van der Waals surface area (Å²) in [4.78, 5) is 19.3. The molecule has 0 saturated carbocycles. The molecule has 0 bridgehead atoms. The number of hydrogen-bond acceptors (Lipinski definition) is 6. The van der Waals surface area contributed by atoms with Crippen molar-refractivity contribution in [2.24, 2.45) is 0 Å². The van der Waals surface area contributed by atoms with Gasteiger partial charge in [0.25, 0.3) is 5.56 Å². The number of hydrogen-bond donors (Lipinski definition) is 0. The first-order chi connectivity index (χ1) is 16.4. The lowest BCUT2D eigenvalue weighted by atomic mass is 10.2. The molecule has 0 N–H and O–H groups in total. The standard InChI is InChI=1S/C24H22ClN5O3S/c1-17-14-18-6-5-9-21(23(18)26-15-17)34(32,33)29-12-10-28(11-13-29)20-16-27-30(24(31)22(20)25)19-7-3-2-4-8-19/h2-9,14-16H,10-13H2,1H3. The molecule has 2 aromatic carbocycles. The molecule has 10 heteroatoms. The Bertz CT molecular complexity index is 1530.